The summed E-state index contributed by atoms with van der Waals surface area (Å²) >= 11 is 0. The van der Waals surface area contributed by atoms with Crippen molar-refractivity contribution in [2.75, 3.05) is 18.9 Å². The smallest absolute Gasteiger partial charge is 0.165 e. The number of nitrogen functional groups attached to an aromatic ring is 1. The molecule has 1 rings (SSSR count). The third-order valence-electron chi connectivity index (χ3n) is 1.23. The minimum absolute atomic E-state index is 0.446. The molecule has 5 nitrogen and oxygen atoms in total. The van der Waals surface area contributed by atoms with Crippen molar-refractivity contribution in [3.8, 4) is 0 Å². The molecular weight excluding hydrogens is 144 g/mol. The topological polar surface area (TPSA) is 66.0 Å². The lowest BCUT2D eigenvalue weighted by Crippen LogP contribution is -2.06. The molecule has 0 aliphatic rings. The molecule has 1 aromatic heterocycles. The maximum Gasteiger partial charge on any atom is 0.165 e. The lowest BCUT2D eigenvalue weighted by Gasteiger charge is -1.98. The molecule has 0 unspecified atom stereocenters. The summed E-state index contributed by atoms with van der Waals surface area (Å²) in [7, 11) is 0. The fourth-order valence-corrected chi connectivity index (χ4v) is 0.725. The van der Waals surface area contributed by atoms with Crippen LogP contribution in [0, 0.1) is 0 Å². The van der Waals surface area contributed by atoms with E-state index in [0.29, 0.717) is 19.0 Å². The fourth-order valence-electron chi connectivity index (χ4n) is 0.725. The number of aromatic nitrogens is 3. The summed E-state index contributed by atoms with van der Waals surface area (Å²) in [6.07, 6.45) is 1.68. The Morgan fingerprint density at radius 3 is 3.09 bits per heavy atom. The zero-order valence-electron chi connectivity index (χ0n) is 6.53. The first kappa shape index (κ1) is 8.00. The molecule has 0 bridgehead atoms. The molecule has 0 fully saturated rings. The van der Waals surface area contributed by atoms with Crippen molar-refractivity contribution in [2.45, 2.75) is 13.5 Å². The van der Waals surface area contributed by atoms with Crippen molar-refractivity contribution in [3.63, 3.8) is 0 Å². The van der Waals surface area contributed by atoms with Crippen LogP contribution in [0.15, 0.2) is 6.20 Å². The van der Waals surface area contributed by atoms with Gasteiger partial charge in [0.05, 0.1) is 19.3 Å². The Morgan fingerprint density at radius 2 is 2.55 bits per heavy atom. The van der Waals surface area contributed by atoms with Crippen LogP contribution in [0.5, 0.6) is 0 Å². The lowest BCUT2D eigenvalue weighted by molar-refractivity contribution is 0.136. The summed E-state index contributed by atoms with van der Waals surface area (Å²) < 4.78 is 6.77. The van der Waals surface area contributed by atoms with Gasteiger partial charge in [0.2, 0.25) is 0 Å². The van der Waals surface area contributed by atoms with Gasteiger partial charge >= 0.3 is 0 Å². The second-order valence-electron chi connectivity index (χ2n) is 2.10. The Kier molecular flexibility index (Phi) is 2.85. The summed E-state index contributed by atoms with van der Waals surface area (Å²) in [5.41, 5.74) is 5.35. The van der Waals surface area contributed by atoms with Crippen LogP contribution in [0.4, 0.5) is 5.82 Å². The largest absolute Gasteiger partial charge is 0.381 e. The summed E-state index contributed by atoms with van der Waals surface area (Å²) in [5, 5.41) is 7.38. The Hall–Kier alpha value is -1.10. The van der Waals surface area contributed by atoms with E-state index in [0.717, 1.165) is 6.61 Å². The van der Waals surface area contributed by atoms with Crippen LogP contribution in [0.3, 0.4) is 0 Å². The highest BCUT2D eigenvalue weighted by atomic mass is 16.5. The number of anilines is 1. The van der Waals surface area contributed by atoms with Gasteiger partial charge < -0.3 is 10.5 Å². The molecule has 0 saturated heterocycles. The van der Waals surface area contributed by atoms with Gasteiger partial charge in [-0.1, -0.05) is 5.21 Å². The minimum Gasteiger partial charge on any atom is -0.381 e. The summed E-state index contributed by atoms with van der Waals surface area (Å²) in [6.45, 7) is 4.04. The maximum atomic E-state index is 5.35. The SMILES string of the molecule is CCOCCn1cc(N)nn1. The number of hydrogen-bond donors (Lipinski definition) is 1. The van der Waals surface area contributed by atoms with Gasteiger partial charge in [0.25, 0.3) is 0 Å². The molecule has 1 heterocycles. The van der Waals surface area contributed by atoms with Crippen molar-refractivity contribution in [1.29, 1.82) is 0 Å². The first-order chi connectivity index (χ1) is 5.33. The third-order valence-corrected chi connectivity index (χ3v) is 1.23. The monoisotopic (exact) mass is 156 g/mol. The van der Waals surface area contributed by atoms with E-state index in [1.54, 1.807) is 10.9 Å². The van der Waals surface area contributed by atoms with Crippen LogP contribution in [0.25, 0.3) is 0 Å². The van der Waals surface area contributed by atoms with E-state index in [1.807, 2.05) is 6.92 Å². The zero-order chi connectivity index (χ0) is 8.10. The van der Waals surface area contributed by atoms with Crippen LogP contribution < -0.4 is 5.73 Å². The van der Waals surface area contributed by atoms with Crippen LogP contribution in [0.2, 0.25) is 0 Å². The molecule has 11 heavy (non-hydrogen) atoms. The molecule has 0 atom stereocenters. The number of hydrogen-bond acceptors (Lipinski definition) is 4. The van der Waals surface area contributed by atoms with E-state index in [9.17, 15) is 0 Å². The van der Waals surface area contributed by atoms with Gasteiger partial charge in [-0.25, -0.2) is 4.68 Å². The first-order valence-electron chi connectivity index (χ1n) is 3.56. The average Bonchev–Trinajstić information content (AvgIpc) is 2.37. The zero-order valence-corrected chi connectivity index (χ0v) is 6.53. The number of nitrogens with two attached hydrogens (primary N) is 1. The van der Waals surface area contributed by atoms with E-state index in [-0.39, 0.29) is 0 Å². The van der Waals surface area contributed by atoms with Crippen molar-refractivity contribution in [3.05, 3.63) is 6.20 Å². The van der Waals surface area contributed by atoms with Gasteiger partial charge in [-0.2, -0.15) is 0 Å². The van der Waals surface area contributed by atoms with Crippen LogP contribution in [-0.2, 0) is 11.3 Å². The van der Waals surface area contributed by atoms with Crippen molar-refractivity contribution < 1.29 is 4.74 Å². The van der Waals surface area contributed by atoms with E-state index >= 15 is 0 Å². The molecule has 2 N–H and O–H groups in total. The summed E-state index contributed by atoms with van der Waals surface area (Å²) in [4.78, 5) is 0. The lowest BCUT2D eigenvalue weighted by atomic mass is 10.6. The van der Waals surface area contributed by atoms with Gasteiger partial charge in [-0.3, -0.25) is 0 Å². The van der Waals surface area contributed by atoms with Gasteiger partial charge in [0, 0.05) is 6.61 Å². The molecule has 0 amide bonds. The van der Waals surface area contributed by atoms with E-state index < -0.39 is 0 Å². The molecule has 0 aliphatic carbocycles. The fraction of sp³-hybridized carbons (Fsp3) is 0.667. The normalized spacial score (nSPS) is 10.3. The standard InChI is InChI=1S/C6H12N4O/c1-2-11-4-3-10-5-6(7)8-9-10/h5H,2-4,7H2,1H3. The third kappa shape index (κ3) is 2.55. The quantitative estimate of drug-likeness (QED) is 0.618. The number of nitrogens with zero attached hydrogens (tertiary/aromatic N) is 3. The summed E-state index contributed by atoms with van der Waals surface area (Å²) in [6, 6.07) is 0. The van der Waals surface area contributed by atoms with Crippen molar-refractivity contribution in [2.24, 2.45) is 0 Å². The van der Waals surface area contributed by atoms with Crippen LogP contribution in [0.1, 0.15) is 6.92 Å². The Balaban J connectivity index is 2.27. The second-order valence-corrected chi connectivity index (χ2v) is 2.10. The second kappa shape index (κ2) is 3.92. The van der Waals surface area contributed by atoms with Crippen molar-refractivity contribution in [1.82, 2.24) is 15.0 Å². The Morgan fingerprint density at radius 1 is 1.73 bits per heavy atom. The Bertz CT molecular complexity index is 210. The highest BCUT2D eigenvalue weighted by Crippen LogP contribution is 1.91. The predicted molar refractivity (Wildman–Crippen MR) is 40.9 cm³/mol. The molecule has 0 spiro atoms. The highest BCUT2D eigenvalue weighted by Gasteiger charge is 1.93. The molecule has 0 aromatic carbocycles. The maximum absolute atomic E-state index is 5.35. The Labute approximate surface area is 65.1 Å². The van der Waals surface area contributed by atoms with E-state index in [2.05, 4.69) is 10.3 Å². The number of rotatable bonds is 4. The van der Waals surface area contributed by atoms with Gasteiger partial charge in [-0.05, 0) is 6.92 Å². The molecule has 0 saturated carbocycles. The molecule has 1 aromatic rings. The predicted octanol–water partition coefficient (Wildman–Crippen LogP) is -0.103. The van der Waals surface area contributed by atoms with Crippen LogP contribution >= 0.6 is 0 Å². The van der Waals surface area contributed by atoms with Gasteiger partial charge in [0.15, 0.2) is 5.82 Å². The minimum atomic E-state index is 0.446. The van der Waals surface area contributed by atoms with Crippen molar-refractivity contribution >= 4 is 5.82 Å². The molecule has 0 radical (unpaired) electrons. The molecule has 62 valence electrons. The van der Waals surface area contributed by atoms with Crippen LogP contribution in [-0.4, -0.2) is 28.2 Å². The average molecular weight is 156 g/mol. The van der Waals surface area contributed by atoms with Gasteiger partial charge in [0.1, 0.15) is 0 Å². The van der Waals surface area contributed by atoms with E-state index in [1.165, 1.54) is 0 Å². The molecule has 0 aliphatic heterocycles. The highest BCUT2D eigenvalue weighted by molar-refractivity contribution is 5.19. The van der Waals surface area contributed by atoms with E-state index in [4.69, 9.17) is 10.5 Å². The summed E-state index contributed by atoms with van der Waals surface area (Å²) in [5.74, 6) is 0.446. The first-order valence-corrected chi connectivity index (χ1v) is 3.56. The number of ether oxygens (including phenoxy) is 1. The molecular formula is C6H12N4O. The molecule has 5 heteroatoms. The van der Waals surface area contributed by atoms with Gasteiger partial charge in [-0.15, -0.1) is 5.10 Å².